The summed E-state index contributed by atoms with van der Waals surface area (Å²) in [7, 11) is 0. The first kappa shape index (κ1) is 27.9. The van der Waals surface area contributed by atoms with Gasteiger partial charge in [-0.15, -0.1) is 0 Å². The van der Waals surface area contributed by atoms with E-state index in [0.29, 0.717) is 23.1 Å². The summed E-state index contributed by atoms with van der Waals surface area (Å²) in [5.41, 5.74) is 3.81. The normalized spacial score (nSPS) is 18.7. The zero-order valence-electron chi connectivity index (χ0n) is 22.5. The monoisotopic (exact) mass is 531 g/mol. The summed E-state index contributed by atoms with van der Waals surface area (Å²) in [4.78, 5) is 50.7. The van der Waals surface area contributed by atoms with Crippen molar-refractivity contribution >= 4 is 17.9 Å². The fourth-order valence-corrected chi connectivity index (χ4v) is 5.33. The minimum absolute atomic E-state index is 0.00332. The van der Waals surface area contributed by atoms with Crippen LogP contribution in [-0.2, 0) is 14.2 Å². The highest BCUT2D eigenvalue weighted by Gasteiger charge is 2.36. The van der Waals surface area contributed by atoms with Crippen LogP contribution in [0.1, 0.15) is 106 Å². The first-order valence-electron chi connectivity index (χ1n) is 13.3. The van der Waals surface area contributed by atoms with E-state index in [1.54, 1.807) is 57.8 Å². The SMILES string of the molecule is CCOC(=O)c1ccc(C2C[C@@H](c3ccncc3C(=O)OCC)C[C@@H](c3ccncc3C(=O)OCC)C2)nc1. The summed E-state index contributed by atoms with van der Waals surface area (Å²) < 4.78 is 15.7. The van der Waals surface area contributed by atoms with Gasteiger partial charge >= 0.3 is 17.9 Å². The molecule has 1 unspecified atom stereocenters. The number of pyridine rings is 3. The summed E-state index contributed by atoms with van der Waals surface area (Å²) in [6, 6.07) is 7.32. The largest absolute Gasteiger partial charge is 0.462 e. The highest BCUT2D eigenvalue weighted by Crippen LogP contribution is 2.48. The van der Waals surface area contributed by atoms with Crippen molar-refractivity contribution in [1.82, 2.24) is 15.0 Å². The zero-order chi connectivity index (χ0) is 27.8. The molecule has 1 saturated carbocycles. The summed E-state index contributed by atoms with van der Waals surface area (Å²) in [5, 5.41) is 0. The quantitative estimate of drug-likeness (QED) is 0.270. The molecular weight excluding hydrogens is 498 g/mol. The van der Waals surface area contributed by atoms with Gasteiger partial charge in [0.05, 0.1) is 36.5 Å². The van der Waals surface area contributed by atoms with Gasteiger partial charge in [0.25, 0.3) is 0 Å². The average Bonchev–Trinajstić information content (AvgIpc) is 2.97. The number of nitrogens with zero attached hydrogens (tertiary/aromatic N) is 3. The Bertz CT molecular complexity index is 1240. The molecule has 0 bridgehead atoms. The third kappa shape index (κ3) is 6.47. The standard InChI is InChI=1S/C30H33N3O6/c1-4-37-28(34)19-7-8-27(33-16-19)22-14-20(23-9-11-31-17-25(23)29(35)38-5-2)13-21(15-22)24-10-12-32-18-26(24)30(36)39-6-3/h7-12,16-18,20-22H,4-6,13-15H2,1-3H3/t20-,21+,22?. The lowest BCUT2D eigenvalue weighted by molar-refractivity contribution is 0.0515. The Labute approximate surface area is 227 Å². The van der Waals surface area contributed by atoms with Crippen LogP contribution in [0, 0.1) is 0 Å². The van der Waals surface area contributed by atoms with Gasteiger partial charge in [-0.05, 0) is 87.3 Å². The third-order valence-electron chi connectivity index (χ3n) is 7.00. The van der Waals surface area contributed by atoms with E-state index in [4.69, 9.17) is 14.2 Å². The van der Waals surface area contributed by atoms with Crippen molar-refractivity contribution in [3.05, 3.63) is 88.8 Å². The maximum absolute atomic E-state index is 12.8. The van der Waals surface area contributed by atoms with Crippen molar-refractivity contribution in [2.45, 2.75) is 57.8 Å². The minimum Gasteiger partial charge on any atom is -0.462 e. The molecule has 0 amide bonds. The molecule has 0 saturated heterocycles. The molecule has 0 radical (unpaired) electrons. The van der Waals surface area contributed by atoms with Crippen molar-refractivity contribution in [2.24, 2.45) is 0 Å². The van der Waals surface area contributed by atoms with E-state index in [-0.39, 0.29) is 37.6 Å². The lowest BCUT2D eigenvalue weighted by Gasteiger charge is -2.36. The summed E-state index contributed by atoms with van der Waals surface area (Å²) in [6.07, 6.45) is 10.1. The van der Waals surface area contributed by atoms with Crippen molar-refractivity contribution in [3.8, 4) is 0 Å². The molecule has 3 heterocycles. The zero-order valence-corrected chi connectivity index (χ0v) is 22.5. The van der Waals surface area contributed by atoms with Gasteiger partial charge in [0.2, 0.25) is 0 Å². The molecule has 0 aromatic carbocycles. The number of hydrogen-bond donors (Lipinski definition) is 0. The molecule has 9 nitrogen and oxygen atoms in total. The Kier molecular flexibility index (Phi) is 9.35. The molecule has 1 aliphatic carbocycles. The third-order valence-corrected chi connectivity index (χ3v) is 7.00. The van der Waals surface area contributed by atoms with E-state index in [1.165, 1.54) is 0 Å². The number of aromatic nitrogens is 3. The average molecular weight is 532 g/mol. The molecule has 3 atom stereocenters. The van der Waals surface area contributed by atoms with Crippen molar-refractivity contribution in [1.29, 1.82) is 0 Å². The highest BCUT2D eigenvalue weighted by atomic mass is 16.5. The van der Waals surface area contributed by atoms with E-state index in [1.807, 2.05) is 18.2 Å². The van der Waals surface area contributed by atoms with Gasteiger partial charge in [0.1, 0.15) is 0 Å². The second kappa shape index (κ2) is 13.1. The van der Waals surface area contributed by atoms with Crippen LogP contribution >= 0.6 is 0 Å². The number of rotatable bonds is 9. The minimum atomic E-state index is -0.414. The van der Waals surface area contributed by atoms with E-state index in [9.17, 15) is 14.4 Å². The first-order valence-corrected chi connectivity index (χ1v) is 13.3. The van der Waals surface area contributed by atoms with Crippen LogP contribution < -0.4 is 0 Å². The molecule has 0 aliphatic heterocycles. The molecule has 1 fully saturated rings. The van der Waals surface area contributed by atoms with Crippen LogP contribution in [0.3, 0.4) is 0 Å². The Morgan fingerprint density at radius 2 is 1.15 bits per heavy atom. The van der Waals surface area contributed by atoms with Crippen LogP contribution in [-0.4, -0.2) is 52.7 Å². The van der Waals surface area contributed by atoms with Gasteiger partial charge in [-0.25, -0.2) is 14.4 Å². The molecule has 3 aromatic heterocycles. The molecule has 3 aromatic rings. The molecule has 0 spiro atoms. The molecule has 0 N–H and O–H groups in total. The van der Waals surface area contributed by atoms with Gasteiger partial charge in [-0.1, -0.05) is 0 Å². The number of carbonyl (C=O) groups is 3. The van der Waals surface area contributed by atoms with E-state index < -0.39 is 17.9 Å². The van der Waals surface area contributed by atoms with E-state index in [0.717, 1.165) is 29.7 Å². The molecule has 39 heavy (non-hydrogen) atoms. The Morgan fingerprint density at radius 3 is 1.62 bits per heavy atom. The number of hydrogen-bond acceptors (Lipinski definition) is 9. The lowest BCUT2D eigenvalue weighted by Crippen LogP contribution is -2.24. The van der Waals surface area contributed by atoms with Crippen LogP contribution in [0.15, 0.2) is 55.2 Å². The topological polar surface area (TPSA) is 118 Å². The maximum atomic E-state index is 12.8. The van der Waals surface area contributed by atoms with Crippen LogP contribution in [0.2, 0.25) is 0 Å². The van der Waals surface area contributed by atoms with Gasteiger partial charge < -0.3 is 14.2 Å². The lowest BCUT2D eigenvalue weighted by atomic mass is 9.68. The van der Waals surface area contributed by atoms with Gasteiger partial charge in [0.15, 0.2) is 0 Å². The van der Waals surface area contributed by atoms with E-state index >= 15 is 0 Å². The number of carbonyl (C=O) groups excluding carboxylic acids is 3. The second-order valence-electron chi connectivity index (χ2n) is 9.36. The van der Waals surface area contributed by atoms with Gasteiger partial charge in [0, 0.05) is 42.6 Å². The Morgan fingerprint density at radius 1 is 0.667 bits per heavy atom. The second-order valence-corrected chi connectivity index (χ2v) is 9.36. The summed E-state index contributed by atoms with van der Waals surface area (Å²) >= 11 is 0. The molecule has 9 heteroatoms. The van der Waals surface area contributed by atoms with Gasteiger partial charge in [-0.2, -0.15) is 0 Å². The van der Waals surface area contributed by atoms with E-state index in [2.05, 4.69) is 15.0 Å². The van der Waals surface area contributed by atoms with Crippen LogP contribution in [0.4, 0.5) is 0 Å². The molecular formula is C30H33N3O6. The first-order chi connectivity index (χ1) is 19.0. The smallest absolute Gasteiger partial charge is 0.339 e. The number of esters is 3. The predicted molar refractivity (Wildman–Crippen MR) is 143 cm³/mol. The fraction of sp³-hybridized carbons (Fsp3) is 0.400. The van der Waals surface area contributed by atoms with Crippen molar-refractivity contribution in [3.63, 3.8) is 0 Å². The van der Waals surface area contributed by atoms with Crippen LogP contribution in [0.5, 0.6) is 0 Å². The highest BCUT2D eigenvalue weighted by molar-refractivity contribution is 5.92. The summed E-state index contributed by atoms with van der Waals surface area (Å²) in [5.74, 6) is -1.31. The van der Waals surface area contributed by atoms with Crippen LogP contribution in [0.25, 0.3) is 0 Å². The fourth-order valence-electron chi connectivity index (χ4n) is 5.33. The molecule has 204 valence electrons. The predicted octanol–water partition coefficient (Wildman–Crippen LogP) is 5.24. The van der Waals surface area contributed by atoms with Crippen molar-refractivity contribution < 1.29 is 28.6 Å². The Balaban J connectivity index is 1.73. The Hall–Kier alpha value is -4.14. The number of ether oxygens (including phenoxy) is 3. The maximum Gasteiger partial charge on any atom is 0.339 e. The van der Waals surface area contributed by atoms with Gasteiger partial charge in [-0.3, -0.25) is 15.0 Å². The van der Waals surface area contributed by atoms with Crippen molar-refractivity contribution in [2.75, 3.05) is 19.8 Å². The molecule has 4 rings (SSSR count). The summed E-state index contributed by atoms with van der Waals surface area (Å²) in [6.45, 7) is 6.12. The molecule has 1 aliphatic rings.